The normalized spacial score (nSPS) is 13.6. The Balaban J connectivity index is 2.79. The third kappa shape index (κ3) is 15.2. The molecular weight excluding hydrogens is 1490 g/mol. The van der Waals surface area contributed by atoms with Crippen molar-refractivity contribution in [1.29, 1.82) is 0 Å². The minimum atomic E-state index is -1.62. The zero-order valence-electron chi connectivity index (χ0n) is 31.7. The summed E-state index contributed by atoms with van der Waals surface area (Å²) in [7, 11) is 0. The fourth-order valence-corrected chi connectivity index (χ4v) is 14.6. The number of hydrogen-bond donors (Lipinski definition) is 13. The van der Waals surface area contributed by atoms with Gasteiger partial charge in [0.1, 0.15) is 0 Å². The summed E-state index contributed by atoms with van der Waals surface area (Å²) < 4.78 is 0.655. The molecule has 2 rings (SSSR count). The van der Waals surface area contributed by atoms with Crippen LogP contribution in [0.1, 0.15) is 48.4 Å². The number of aliphatic hydroxyl groups is 9. The minimum absolute atomic E-state index is 0.0157. The first kappa shape index (κ1) is 56.4. The Kier molecular flexibility index (Phi) is 25.0. The van der Waals surface area contributed by atoms with E-state index >= 15 is 0 Å². The topological polar surface area (TPSA) is 339 Å². The average Bonchev–Trinajstić information content (AvgIpc) is 3.21. The van der Waals surface area contributed by atoms with Crippen LogP contribution in [0.2, 0.25) is 0 Å². The molecule has 2 aromatic carbocycles. The predicted molar refractivity (Wildman–Crippen MR) is 268 cm³/mol. The van der Waals surface area contributed by atoms with Gasteiger partial charge in [0.2, 0.25) is 12.3 Å². The van der Waals surface area contributed by atoms with Crippen LogP contribution in [0.15, 0.2) is 0 Å². The summed E-state index contributed by atoms with van der Waals surface area (Å²) in [5.74, 6) is -3.92. The smallest absolute Gasteiger partial charge is 0.253 e. The molecule has 5 unspecified atom stereocenters. The number of rotatable bonds is 23. The van der Waals surface area contributed by atoms with Crippen molar-refractivity contribution in [3.05, 3.63) is 43.7 Å². The second-order valence-electron chi connectivity index (χ2n) is 12.8. The van der Waals surface area contributed by atoms with Crippen molar-refractivity contribution >= 4 is 183 Å². The molecule has 0 heterocycles. The van der Waals surface area contributed by atoms with Gasteiger partial charge in [0.15, 0.2) is 0 Å². The van der Waals surface area contributed by atoms with E-state index in [-0.39, 0.29) is 81.2 Å². The molecule has 2 aromatic rings. The standard InChI is InChI=1S/C34H42I6N6O15/c1-13(52)46(30-27(39)21(33(60)43-4-16(55)10-49)24(36)22(28(30)40)34(61)44-5-17(56)11-50)7-18(57)6-45(12-51)29-25(37)19(31(58)41-2-14(53)8-47)23(35)20(26(29)38)32(59)42-3-15(54)9-48/h12,14-18,47-50,53-57H,2-11H2,1H3,(H,41,58)(H,42,59)(H,43,60)(H,44,61). The molecule has 61 heavy (non-hydrogen) atoms. The van der Waals surface area contributed by atoms with Gasteiger partial charge in [0.25, 0.3) is 23.6 Å². The van der Waals surface area contributed by atoms with Crippen LogP contribution >= 0.6 is 136 Å². The molecule has 5 atom stereocenters. The SMILES string of the molecule is CC(=O)N(CC(O)CN(C=O)c1c(I)c(C(=O)NCC(O)CO)c(I)c(C(=O)NCC(O)CO)c1I)c1c(I)c(C(=O)NCC(O)CO)c(I)c(C(=O)NCC(O)CO)c1I. The molecule has 0 saturated heterocycles. The number of carbonyl (C=O) groups is 6. The molecule has 0 spiro atoms. The first-order valence-electron chi connectivity index (χ1n) is 17.5. The van der Waals surface area contributed by atoms with Crippen molar-refractivity contribution in [2.24, 2.45) is 0 Å². The second-order valence-corrected chi connectivity index (χ2v) is 19.3. The van der Waals surface area contributed by atoms with Crippen LogP contribution in [-0.2, 0) is 9.59 Å². The summed E-state index contributed by atoms with van der Waals surface area (Å²) in [5.41, 5.74) is -0.543. The number of hydrogen-bond acceptors (Lipinski definition) is 15. The van der Waals surface area contributed by atoms with Gasteiger partial charge >= 0.3 is 0 Å². The van der Waals surface area contributed by atoms with E-state index in [9.17, 15) is 74.7 Å². The van der Waals surface area contributed by atoms with Gasteiger partial charge in [-0.25, -0.2) is 0 Å². The van der Waals surface area contributed by atoms with Crippen LogP contribution in [0.3, 0.4) is 0 Å². The Morgan fingerprint density at radius 1 is 0.492 bits per heavy atom. The van der Waals surface area contributed by atoms with Crippen LogP contribution in [0.5, 0.6) is 0 Å². The highest BCUT2D eigenvalue weighted by atomic mass is 127. The van der Waals surface area contributed by atoms with Crippen LogP contribution in [0.4, 0.5) is 11.4 Å². The van der Waals surface area contributed by atoms with E-state index in [1.54, 1.807) is 136 Å². The second kappa shape index (κ2) is 27.0. The third-order valence-corrected chi connectivity index (χ3v) is 14.6. The Labute approximate surface area is 430 Å². The number of halogens is 6. The minimum Gasteiger partial charge on any atom is -0.394 e. The van der Waals surface area contributed by atoms with Gasteiger partial charge < -0.3 is 77.0 Å². The van der Waals surface area contributed by atoms with Crippen LogP contribution in [0.25, 0.3) is 0 Å². The molecular formula is C34H42I6N6O15. The first-order valence-corrected chi connectivity index (χ1v) is 24.0. The molecule has 0 bridgehead atoms. The number of benzene rings is 2. The molecule has 27 heteroatoms. The van der Waals surface area contributed by atoms with E-state index in [0.29, 0.717) is 6.41 Å². The fraction of sp³-hybridized carbons (Fsp3) is 0.471. The fourth-order valence-electron chi connectivity index (χ4n) is 5.10. The lowest BCUT2D eigenvalue weighted by Gasteiger charge is -2.31. The van der Waals surface area contributed by atoms with Gasteiger partial charge in [0, 0.05) is 40.2 Å². The van der Waals surface area contributed by atoms with E-state index in [1.807, 2.05) is 0 Å². The summed E-state index contributed by atoms with van der Waals surface area (Å²) in [4.78, 5) is 82.7. The molecule has 6 amide bonds. The van der Waals surface area contributed by atoms with Crippen LogP contribution in [-0.4, -0.2) is 178 Å². The molecule has 340 valence electrons. The molecule has 0 radical (unpaired) electrons. The van der Waals surface area contributed by atoms with Gasteiger partial charge in [-0.15, -0.1) is 0 Å². The van der Waals surface area contributed by atoms with E-state index < -0.39 is 99.6 Å². The highest BCUT2D eigenvalue weighted by molar-refractivity contribution is 14.1. The quantitative estimate of drug-likeness (QED) is 0.0424. The van der Waals surface area contributed by atoms with E-state index in [4.69, 9.17) is 0 Å². The lowest BCUT2D eigenvalue weighted by molar-refractivity contribution is -0.116. The van der Waals surface area contributed by atoms with Gasteiger partial charge in [-0.1, -0.05) is 0 Å². The largest absolute Gasteiger partial charge is 0.394 e. The molecule has 0 aromatic heterocycles. The summed E-state index contributed by atoms with van der Waals surface area (Å²) in [6.07, 6.45) is -6.62. The lowest BCUT2D eigenvalue weighted by atomic mass is 10.1. The highest BCUT2D eigenvalue weighted by Gasteiger charge is 2.35. The summed E-state index contributed by atoms with van der Waals surface area (Å²) in [6.45, 7) is -4.24. The van der Waals surface area contributed by atoms with Gasteiger partial charge in [0.05, 0.1) is 118 Å². The van der Waals surface area contributed by atoms with Gasteiger partial charge in [-0.3, -0.25) is 28.8 Å². The van der Waals surface area contributed by atoms with Crippen molar-refractivity contribution < 1.29 is 74.7 Å². The predicted octanol–water partition coefficient (Wildman–Crippen LogP) is -1.98. The van der Waals surface area contributed by atoms with E-state index in [0.717, 1.165) is 16.7 Å². The van der Waals surface area contributed by atoms with Crippen molar-refractivity contribution in [1.82, 2.24) is 21.3 Å². The van der Waals surface area contributed by atoms with E-state index in [2.05, 4.69) is 21.3 Å². The van der Waals surface area contributed by atoms with Crippen molar-refractivity contribution in [3.63, 3.8) is 0 Å². The molecule has 0 aliphatic heterocycles. The maximum atomic E-state index is 13.6. The summed E-state index contributed by atoms with van der Waals surface area (Å²) >= 11 is 10.6. The first-order chi connectivity index (χ1) is 28.6. The zero-order chi connectivity index (χ0) is 46.5. The number of aliphatic hydroxyl groups excluding tert-OH is 9. The maximum Gasteiger partial charge on any atom is 0.253 e. The van der Waals surface area contributed by atoms with Crippen molar-refractivity contribution in [3.8, 4) is 0 Å². The highest BCUT2D eigenvalue weighted by Crippen LogP contribution is 2.40. The van der Waals surface area contributed by atoms with E-state index in [1.165, 1.54) is 0 Å². The number of amides is 6. The Morgan fingerprint density at radius 2 is 0.770 bits per heavy atom. The number of anilines is 2. The zero-order valence-corrected chi connectivity index (χ0v) is 44.6. The summed E-state index contributed by atoms with van der Waals surface area (Å²) in [6, 6.07) is 0. The van der Waals surface area contributed by atoms with Crippen molar-refractivity contribution in [2.45, 2.75) is 37.4 Å². The monoisotopic (exact) mass is 1540 g/mol. The summed E-state index contributed by atoms with van der Waals surface area (Å²) in [5, 5.41) is 98.1. The molecule has 0 aliphatic carbocycles. The molecule has 0 fully saturated rings. The maximum absolute atomic E-state index is 13.6. The Morgan fingerprint density at radius 3 is 1.02 bits per heavy atom. The third-order valence-electron chi connectivity index (χ3n) is 8.20. The van der Waals surface area contributed by atoms with Gasteiger partial charge in [-0.2, -0.15) is 0 Å². The molecule has 21 nitrogen and oxygen atoms in total. The Hall–Kier alpha value is -0.720. The van der Waals surface area contributed by atoms with Crippen LogP contribution in [0, 0.1) is 21.4 Å². The molecule has 13 N–H and O–H groups in total. The average molecular weight is 1540 g/mol. The number of nitrogens with one attached hydrogen (secondary N) is 4. The number of carbonyl (C=O) groups excluding carboxylic acids is 6. The van der Waals surface area contributed by atoms with Crippen molar-refractivity contribution in [2.75, 3.05) is 75.5 Å². The molecule has 0 aliphatic rings. The Bertz CT molecular complexity index is 1840. The van der Waals surface area contributed by atoms with Gasteiger partial charge in [-0.05, 0) is 136 Å². The van der Waals surface area contributed by atoms with Crippen LogP contribution < -0.4 is 31.1 Å². The molecule has 0 saturated carbocycles. The lowest BCUT2D eigenvalue weighted by Crippen LogP contribution is -2.44. The number of nitrogens with zero attached hydrogens (tertiary/aromatic N) is 2.